The Labute approximate surface area is 272 Å². The molecule has 4 aromatic rings. The highest BCUT2D eigenvalue weighted by Crippen LogP contribution is 2.40. The SMILES string of the molecule is Cc1cc2cc(c1F)C(CC(=O)O)NC(=O)C(n1cc(CCN(C)C)c(C(F)(F)F)cc1=O)c1cc(ccc1F)Oc1cccc(C)c1-2. The number of carboxylic acids is 1. The molecule has 0 aliphatic carbocycles. The fourth-order valence-corrected chi connectivity index (χ4v) is 5.89. The first-order valence-corrected chi connectivity index (χ1v) is 14.9. The zero-order valence-electron chi connectivity index (χ0n) is 26.4. The third-order valence-corrected chi connectivity index (χ3v) is 8.19. The van der Waals surface area contributed by atoms with Gasteiger partial charge in [0.25, 0.3) is 5.56 Å². The summed E-state index contributed by atoms with van der Waals surface area (Å²) in [6.07, 6.45) is -5.05. The van der Waals surface area contributed by atoms with Crippen molar-refractivity contribution < 1.29 is 41.4 Å². The molecule has 0 saturated heterocycles. The Balaban J connectivity index is 1.82. The summed E-state index contributed by atoms with van der Waals surface area (Å²) in [5, 5.41) is 12.3. The maximum absolute atomic E-state index is 15.8. The van der Waals surface area contributed by atoms with Crippen LogP contribution >= 0.6 is 0 Å². The Morgan fingerprint density at radius 3 is 2.40 bits per heavy atom. The zero-order valence-corrected chi connectivity index (χ0v) is 26.4. The summed E-state index contributed by atoms with van der Waals surface area (Å²) in [4.78, 5) is 41.3. The van der Waals surface area contributed by atoms with Gasteiger partial charge in [-0.05, 0) is 93.0 Å². The number of aryl methyl sites for hydroxylation is 2. The van der Waals surface area contributed by atoms with E-state index in [-0.39, 0.29) is 41.2 Å². The van der Waals surface area contributed by atoms with E-state index in [1.165, 1.54) is 19.1 Å². The number of amides is 1. The minimum Gasteiger partial charge on any atom is -0.481 e. The van der Waals surface area contributed by atoms with Crippen LogP contribution < -0.4 is 15.6 Å². The first-order valence-electron chi connectivity index (χ1n) is 14.9. The van der Waals surface area contributed by atoms with Crippen LogP contribution in [0, 0.1) is 25.5 Å². The van der Waals surface area contributed by atoms with Gasteiger partial charge in [-0.2, -0.15) is 13.2 Å². The van der Waals surface area contributed by atoms with Gasteiger partial charge in [0.15, 0.2) is 0 Å². The van der Waals surface area contributed by atoms with Crippen molar-refractivity contribution in [3.05, 3.63) is 116 Å². The van der Waals surface area contributed by atoms with E-state index in [9.17, 15) is 32.7 Å². The Morgan fingerprint density at radius 1 is 1.00 bits per heavy atom. The van der Waals surface area contributed by atoms with E-state index in [0.29, 0.717) is 27.3 Å². The highest BCUT2D eigenvalue weighted by Gasteiger charge is 2.37. The van der Waals surface area contributed by atoms with Gasteiger partial charge in [-0.15, -0.1) is 0 Å². The van der Waals surface area contributed by atoms with E-state index in [4.69, 9.17) is 4.74 Å². The summed E-state index contributed by atoms with van der Waals surface area (Å²) < 4.78 is 80.6. The highest BCUT2D eigenvalue weighted by molar-refractivity contribution is 5.85. The van der Waals surface area contributed by atoms with Crippen molar-refractivity contribution in [1.29, 1.82) is 0 Å². The molecule has 2 N–H and O–H groups in total. The van der Waals surface area contributed by atoms with Crippen LogP contribution in [-0.2, 0) is 22.2 Å². The van der Waals surface area contributed by atoms with E-state index in [1.807, 2.05) is 0 Å². The molecule has 2 unspecified atom stereocenters. The number of carbonyl (C=O) groups excluding carboxylic acids is 1. The van der Waals surface area contributed by atoms with Gasteiger partial charge in [-0.3, -0.25) is 19.0 Å². The number of hydrogen-bond donors (Lipinski definition) is 2. The van der Waals surface area contributed by atoms with Crippen LogP contribution in [0.3, 0.4) is 0 Å². The number of carbonyl (C=O) groups is 2. The number of halogens is 5. The number of nitrogens with one attached hydrogen (secondary N) is 1. The maximum Gasteiger partial charge on any atom is 0.416 e. The second kappa shape index (κ2) is 13.2. The Bertz CT molecular complexity index is 1970. The lowest BCUT2D eigenvalue weighted by Gasteiger charge is -2.26. The van der Waals surface area contributed by atoms with Gasteiger partial charge in [0.05, 0.1) is 18.0 Å². The van der Waals surface area contributed by atoms with Crippen LogP contribution in [0.2, 0.25) is 0 Å². The standard InChI is InChI=1S/C35H32F5N3O5/c1-18-6-5-7-28-31(18)21-12-19(2)32(37)24(13-21)27(16-30(45)46)41-34(47)33(23-14-22(48-28)8-9-26(23)36)43-17-20(10-11-42(3)4)25(15-29(43)44)35(38,39)40/h5-9,12-15,17,27,33H,10-11,16H2,1-4H3,(H,41,47)(H,45,46). The molecular weight excluding hydrogens is 637 g/mol. The Morgan fingerprint density at radius 2 is 1.73 bits per heavy atom. The largest absolute Gasteiger partial charge is 0.481 e. The number of alkyl halides is 3. The van der Waals surface area contributed by atoms with Gasteiger partial charge in [-0.1, -0.05) is 12.1 Å². The van der Waals surface area contributed by atoms with Crippen LogP contribution in [0.15, 0.2) is 65.6 Å². The maximum atomic E-state index is 15.8. The van der Waals surface area contributed by atoms with Crippen LogP contribution in [0.5, 0.6) is 11.5 Å². The quantitative estimate of drug-likeness (QED) is 0.226. The lowest BCUT2D eigenvalue weighted by atomic mass is 9.92. The second-order valence-electron chi connectivity index (χ2n) is 12.0. The molecular formula is C35H32F5N3O5. The number of likely N-dealkylation sites (N-methyl/N-ethyl adjacent to an activating group) is 1. The van der Waals surface area contributed by atoms with E-state index < -0.39 is 64.9 Å². The van der Waals surface area contributed by atoms with Crippen LogP contribution in [0.4, 0.5) is 22.0 Å². The molecule has 1 amide bonds. The predicted octanol–water partition coefficient (Wildman–Crippen LogP) is 6.56. The van der Waals surface area contributed by atoms with Crippen molar-refractivity contribution in [2.24, 2.45) is 0 Å². The van der Waals surface area contributed by atoms with Crippen LogP contribution in [0.25, 0.3) is 11.1 Å². The first-order chi connectivity index (χ1) is 22.5. The molecule has 0 fully saturated rings. The van der Waals surface area contributed by atoms with Gasteiger partial charge >= 0.3 is 12.1 Å². The molecule has 1 aromatic heterocycles. The lowest BCUT2D eigenvalue weighted by Crippen LogP contribution is -2.41. The number of carboxylic acid groups (broad SMARTS) is 1. The number of fused-ring (bicyclic) bond motifs is 6. The highest BCUT2D eigenvalue weighted by atomic mass is 19.4. The number of pyridine rings is 1. The van der Waals surface area contributed by atoms with E-state index in [1.54, 1.807) is 50.2 Å². The number of benzene rings is 3. The minimum atomic E-state index is -4.91. The molecule has 2 heterocycles. The lowest BCUT2D eigenvalue weighted by molar-refractivity contribution is -0.139. The van der Waals surface area contributed by atoms with Crippen molar-refractivity contribution >= 4 is 11.9 Å². The third kappa shape index (κ3) is 6.96. The summed E-state index contributed by atoms with van der Waals surface area (Å²) in [6.45, 7) is 3.40. The molecule has 252 valence electrons. The molecule has 3 aromatic carbocycles. The second-order valence-corrected chi connectivity index (χ2v) is 12.0. The Kier molecular flexibility index (Phi) is 9.45. The number of rotatable bonds is 6. The average molecular weight is 670 g/mol. The Hall–Kier alpha value is -5.04. The normalized spacial score (nSPS) is 16.2. The molecule has 0 saturated carbocycles. The smallest absolute Gasteiger partial charge is 0.416 e. The number of aromatic nitrogens is 1. The van der Waals surface area contributed by atoms with Crippen molar-refractivity contribution in [2.75, 3.05) is 20.6 Å². The molecule has 0 radical (unpaired) electrons. The first kappa shape index (κ1) is 34.3. The topological polar surface area (TPSA) is 101 Å². The molecule has 13 heteroatoms. The van der Waals surface area contributed by atoms with E-state index in [2.05, 4.69) is 5.32 Å². The molecule has 8 nitrogen and oxygen atoms in total. The zero-order chi connectivity index (χ0) is 35.1. The fourth-order valence-electron chi connectivity index (χ4n) is 5.89. The minimum absolute atomic E-state index is 0.0317. The van der Waals surface area contributed by atoms with E-state index in [0.717, 1.165) is 18.3 Å². The van der Waals surface area contributed by atoms with Crippen molar-refractivity contribution in [1.82, 2.24) is 14.8 Å². The van der Waals surface area contributed by atoms with Crippen molar-refractivity contribution in [2.45, 2.75) is 44.9 Å². The van der Waals surface area contributed by atoms with Gasteiger partial charge in [-0.25, -0.2) is 8.78 Å². The molecule has 48 heavy (non-hydrogen) atoms. The van der Waals surface area contributed by atoms with Crippen LogP contribution in [-0.4, -0.2) is 47.1 Å². The van der Waals surface area contributed by atoms with Crippen molar-refractivity contribution in [3.63, 3.8) is 0 Å². The molecule has 1 aliphatic heterocycles. The number of ether oxygens (including phenoxy) is 1. The van der Waals surface area contributed by atoms with Gasteiger partial charge in [0, 0.05) is 35.5 Å². The van der Waals surface area contributed by atoms with Crippen molar-refractivity contribution in [3.8, 4) is 22.6 Å². The van der Waals surface area contributed by atoms with Gasteiger partial charge in [0.1, 0.15) is 29.2 Å². The van der Waals surface area contributed by atoms with Gasteiger partial charge in [0.2, 0.25) is 5.91 Å². The molecule has 2 atom stereocenters. The predicted molar refractivity (Wildman–Crippen MR) is 167 cm³/mol. The summed E-state index contributed by atoms with van der Waals surface area (Å²) in [5.41, 5.74) is -1.66. The number of hydrogen-bond acceptors (Lipinski definition) is 5. The number of aliphatic carboxylic acids is 1. The summed E-state index contributed by atoms with van der Waals surface area (Å²) in [7, 11) is 3.29. The number of nitrogens with zero attached hydrogens (tertiary/aromatic N) is 2. The van der Waals surface area contributed by atoms with Gasteiger partial charge < -0.3 is 20.1 Å². The third-order valence-electron chi connectivity index (χ3n) is 8.19. The molecule has 5 rings (SSSR count). The summed E-state index contributed by atoms with van der Waals surface area (Å²) in [6, 6.07) is 8.32. The van der Waals surface area contributed by atoms with E-state index >= 15 is 8.78 Å². The monoisotopic (exact) mass is 669 g/mol. The molecule has 4 bridgehead atoms. The molecule has 0 spiro atoms. The van der Waals surface area contributed by atoms with Crippen LogP contribution in [0.1, 0.15) is 51.9 Å². The summed E-state index contributed by atoms with van der Waals surface area (Å²) in [5.74, 6) is -4.07. The molecule has 1 aliphatic rings. The summed E-state index contributed by atoms with van der Waals surface area (Å²) >= 11 is 0. The average Bonchev–Trinajstić information content (AvgIpc) is 2.99. The fraction of sp³-hybridized carbons (Fsp3) is 0.286.